The average Bonchev–Trinajstić information content (AvgIpc) is 2.69. The van der Waals surface area contributed by atoms with Crippen molar-refractivity contribution in [3.8, 4) is 11.8 Å². The summed E-state index contributed by atoms with van der Waals surface area (Å²) in [5, 5.41) is 13.1. The Kier molecular flexibility index (Phi) is 4.32. The van der Waals surface area contributed by atoms with Gasteiger partial charge in [0.05, 0.1) is 13.2 Å². The third-order valence-corrected chi connectivity index (χ3v) is 2.69. The maximum atomic E-state index is 8.71. The highest BCUT2D eigenvalue weighted by molar-refractivity contribution is 5.37. The van der Waals surface area contributed by atoms with Gasteiger partial charge >= 0.3 is 0 Å². The van der Waals surface area contributed by atoms with Gasteiger partial charge in [-0.2, -0.15) is 5.10 Å². The summed E-state index contributed by atoms with van der Waals surface area (Å²) < 4.78 is 1.88. The number of hydrogen-bond acceptors (Lipinski definition) is 3. The van der Waals surface area contributed by atoms with Crippen LogP contribution in [-0.2, 0) is 6.54 Å². The van der Waals surface area contributed by atoms with Gasteiger partial charge in [0.15, 0.2) is 0 Å². The highest BCUT2D eigenvalue weighted by Crippen LogP contribution is 2.07. The van der Waals surface area contributed by atoms with Crippen LogP contribution in [0, 0.1) is 25.7 Å². The molecule has 1 heterocycles. The zero-order chi connectivity index (χ0) is 13.7. The van der Waals surface area contributed by atoms with Crippen LogP contribution in [-0.4, -0.2) is 26.5 Å². The molecule has 2 rings (SSSR count). The number of nitrogens with zero attached hydrogens (tertiary/aromatic N) is 3. The first kappa shape index (κ1) is 13.3. The van der Waals surface area contributed by atoms with Gasteiger partial charge < -0.3 is 5.11 Å². The Balaban J connectivity index is 2.16. The molecule has 1 aromatic carbocycles. The molecule has 1 aromatic heterocycles. The van der Waals surface area contributed by atoms with Crippen molar-refractivity contribution in [2.45, 2.75) is 26.8 Å². The molecule has 1 N–H and O–H groups in total. The Hall–Kier alpha value is -2.12. The summed E-state index contributed by atoms with van der Waals surface area (Å²) >= 11 is 0. The summed E-state index contributed by atoms with van der Waals surface area (Å²) in [4.78, 5) is 4.29. The summed E-state index contributed by atoms with van der Waals surface area (Å²) in [7, 11) is 0. The van der Waals surface area contributed by atoms with Gasteiger partial charge in [-0.05, 0) is 31.5 Å². The highest BCUT2D eigenvalue weighted by Gasteiger charge is 2.03. The van der Waals surface area contributed by atoms with Crippen molar-refractivity contribution in [1.29, 1.82) is 0 Å². The lowest BCUT2D eigenvalue weighted by molar-refractivity contribution is 0.305. The van der Waals surface area contributed by atoms with E-state index in [-0.39, 0.29) is 6.61 Å². The van der Waals surface area contributed by atoms with Gasteiger partial charge in [-0.15, -0.1) is 0 Å². The van der Waals surface area contributed by atoms with Crippen LogP contribution in [0.15, 0.2) is 24.3 Å². The van der Waals surface area contributed by atoms with Crippen molar-refractivity contribution >= 4 is 0 Å². The lowest BCUT2D eigenvalue weighted by atomic mass is 10.1. The van der Waals surface area contributed by atoms with E-state index in [9.17, 15) is 0 Å². The third kappa shape index (κ3) is 3.67. The summed E-state index contributed by atoms with van der Waals surface area (Å²) in [5.41, 5.74) is 2.10. The van der Waals surface area contributed by atoms with E-state index in [1.807, 2.05) is 42.8 Å². The monoisotopic (exact) mass is 255 g/mol. The van der Waals surface area contributed by atoms with Gasteiger partial charge in [0.1, 0.15) is 11.6 Å². The lowest BCUT2D eigenvalue weighted by Crippen LogP contribution is -2.04. The normalized spacial score (nSPS) is 10.1. The maximum absolute atomic E-state index is 8.71. The molecule has 0 fully saturated rings. The van der Waals surface area contributed by atoms with Crippen LogP contribution in [0.5, 0.6) is 0 Å². The second kappa shape index (κ2) is 6.17. The molecule has 0 unspecified atom stereocenters. The number of rotatable bonds is 3. The molecule has 0 spiro atoms. The van der Waals surface area contributed by atoms with Crippen molar-refractivity contribution in [3.05, 3.63) is 47.0 Å². The molecule has 0 amide bonds. The summed E-state index contributed by atoms with van der Waals surface area (Å²) in [6.45, 7) is 4.64. The number of aryl methyl sites for hydroxylation is 2. The van der Waals surface area contributed by atoms with Crippen molar-refractivity contribution in [3.63, 3.8) is 0 Å². The fraction of sp³-hybridized carbons (Fsp3) is 0.333. The fourth-order valence-electron chi connectivity index (χ4n) is 1.85. The summed E-state index contributed by atoms with van der Waals surface area (Å²) in [5.74, 6) is 7.66. The molecular formula is C15H17N3O. The van der Waals surface area contributed by atoms with Gasteiger partial charge in [0.2, 0.25) is 0 Å². The summed E-state index contributed by atoms with van der Waals surface area (Å²) in [6.07, 6.45) is 0.506. The molecule has 0 saturated heterocycles. The first-order valence-corrected chi connectivity index (χ1v) is 6.26. The minimum Gasteiger partial charge on any atom is -0.395 e. The van der Waals surface area contributed by atoms with Crippen molar-refractivity contribution in [2.24, 2.45) is 0 Å². The molecule has 4 heteroatoms. The molecule has 98 valence electrons. The van der Waals surface area contributed by atoms with Crippen LogP contribution in [0.1, 0.15) is 29.2 Å². The topological polar surface area (TPSA) is 50.9 Å². The average molecular weight is 255 g/mol. The van der Waals surface area contributed by atoms with E-state index in [0.717, 1.165) is 22.8 Å². The Bertz CT molecular complexity index is 620. The molecule has 0 aliphatic heterocycles. The first-order valence-electron chi connectivity index (χ1n) is 6.26. The molecule has 0 atom stereocenters. The van der Waals surface area contributed by atoms with Crippen LogP contribution in [0.4, 0.5) is 0 Å². The van der Waals surface area contributed by atoms with Crippen molar-refractivity contribution in [2.75, 3.05) is 6.61 Å². The van der Waals surface area contributed by atoms with Crippen molar-refractivity contribution < 1.29 is 5.11 Å². The SMILES string of the molecule is Cc1nc(C)n(Cc2cccc(C#CCCO)c2)n1. The van der Waals surface area contributed by atoms with E-state index in [1.165, 1.54) is 0 Å². The first-order chi connectivity index (χ1) is 9.19. The molecule has 0 aliphatic carbocycles. The maximum Gasteiger partial charge on any atom is 0.147 e. The third-order valence-electron chi connectivity index (χ3n) is 2.69. The van der Waals surface area contributed by atoms with Gasteiger partial charge in [-0.3, -0.25) is 0 Å². The second-order valence-electron chi connectivity index (χ2n) is 4.34. The minimum atomic E-state index is 0.101. The molecule has 0 saturated carbocycles. The number of aliphatic hydroxyl groups excluding tert-OH is 1. The van der Waals surface area contributed by atoms with E-state index in [1.54, 1.807) is 0 Å². The van der Waals surface area contributed by atoms with Crippen LogP contribution in [0.2, 0.25) is 0 Å². The van der Waals surface area contributed by atoms with Gasteiger partial charge in [0.25, 0.3) is 0 Å². The molecular weight excluding hydrogens is 238 g/mol. The van der Waals surface area contributed by atoms with E-state index in [0.29, 0.717) is 13.0 Å². The largest absolute Gasteiger partial charge is 0.395 e. The molecule has 0 aliphatic rings. The van der Waals surface area contributed by atoms with Crippen molar-refractivity contribution in [1.82, 2.24) is 14.8 Å². The standard InChI is InChI=1S/C15H17N3O/c1-12-16-13(2)18(17-12)11-15-8-5-7-14(10-15)6-3-4-9-19/h5,7-8,10,19H,4,9,11H2,1-2H3. The van der Waals surface area contributed by atoms with Gasteiger partial charge in [-0.25, -0.2) is 9.67 Å². The Morgan fingerprint density at radius 1 is 1.32 bits per heavy atom. The molecule has 4 nitrogen and oxygen atoms in total. The minimum absolute atomic E-state index is 0.101. The number of aromatic nitrogens is 3. The Morgan fingerprint density at radius 2 is 2.16 bits per heavy atom. The van der Waals surface area contributed by atoms with Crippen LogP contribution in [0.25, 0.3) is 0 Å². The molecule has 0 radical (unpaired) electrons. The predicted molar refractivity (Wildman–Crippen MR) is 73.6 cm³/mol. The van der Waals surface area contributed by atoms with Gasteiger partial charge in [0, 0.05) is 12.0 Å². The lowest BCUT2D eigenvalue weighted by Gasteiger charge is -2.03. The molecule has 2 aromatic rings. The predicted octanol–water partition coefficient (Wildman–Crippen LogP) is 1.68. The number of aliphatic hydroxyl groups is 1. The van der Waals surface area contributed by atoms with E-state index in [4.69, 9.17) is 5.11 Å². The van der Waals surface area contributed by atoms with Crippen LogP contribution in [0.3, 0.4) is 0 Å². The van der Waals surface area contributed by atoms with E-state index < -0.39 is 0 Å². The Morgan fingerprint density at radius 3 is 2.84 bits per heavy atom. The number of benzene rings is 1. The smallest absolute Gasteiger partial charge is 0.147 e. The van der Waals surface area contributed by atoms with E-state index in [2.05, 4.69) is 21.9 Å². The molecule has 0 bridgehead atoms. The van der Waals surface area contributed by atoms with Crippen LogP contribution < -0.4 is 0 Å². The highest BCUT2D eigenvalue weighted by atomic mass is 16.2. The quantitative estimate of drug-likeness (QED) is 0.849. The van der Waals surface area contributed by atoms with Gasteiger partial charge in [-0.1, -0.05) is 24.0 Å². The zero-order valence-corrected chi connectivity index (χ0v) is 11.2. The van der Waals surface area contributed by atoms with Crippen LogP contribution >= 0.6 is 0 Å². The fourth-order valence-corrected chi connectivity index (χ4v) is 1.85. The van der Waals surface area contributed by atoms with E-state index >= 15 is 0 Å². The zero-order valence-electron chi connectivity index (χ0n) is 11.2. The summed E-state index contributed by atoms with van der Waals surface area (Å²) in [6, 6.07) is 8.04. The Labute approximate surface area is 113 Å². The second-order valence-corrected chi connectivity index (χ2v) is 4.34. The molecule has 19 heavy (non-hydrogen) atoms. The number of hydrogen-bond donors (Lipinski definition) is 1.